The first-order chi connectivity index (χ1) is 12.0. The molecule has 1 aromatic carbocycles. The van der Waals surface area contributed by atoms with Crippen LogP contribution in [0, 0.1) is 0 Å². The van der Waals surface area contributed by atoms with Crippen molar-refractivity contribution in [1.82, 2.24) is 9.88 Å². The molecule has 0 saturated carbocycles. The summed E-state index contributed by atoms with van der Waals surface area (Å²) in [6, 6.07) is 8.71. The van der Waals surface area contributed by atoms with Gasteiger partial charge in [0.25, 0.3) is 0 Å². The molecule has 0 aliphatic carbocycles. The maximum Gasteiger partial charge on any atom is 0.313 e. The summed E-state index contributed by atoms with van der Waals surface area (Å²) in [7, 11) is 4.59. The van der Waals surface area contributed by atoms with Crippen molar-refractivity contribution in [2.24, 2.45) is 0 Å². The third-order valence-electron chi connectivity index (χ3n) is 3.68. The number of aromatic nitrogens is 1. The molecule has 0 spiro atoms. The molecule has 7 nitrogen and oxygen atoms in total. The lowest BCUT2D eigenvalue weighted by molar-refractivity contribution is -0.142. The maximum absolute atomic E-state index is 12.3. The second-order valence-electron chi connectivity index (χ2n) is 5.35. The van der Waals surface area contributed by atoms with Crippen LogP contribution in [0.3, 0.4) is 0 Å². The number of hydrogen-bond acceptors (Lipinski definition) is 5. The molecule has 0 aliphatic heterocycles. The van der Waals surface area contributed by atoms with E-state index in [1.165, 1.54) is 19.1 Å². The summed E-state index contributed by atoms with van der Waals surface area (Å²) in [6.45, 7) is 0.422. The fourth-order valence-electron chi connectivity index (χ4n) is 2.21. The molecule has 2 amide bonds. The van der Waals surface area contributed by atoms with Gasteiger partial charge in [0.2, 0.25) is 0 Å². The molecule has 0 radical (unpaired) electrons. The van der Waals surface area contributed by atoms with Crippen molar-refractivity contribution in [2.45, 2.75) is 6.42 Å². The zero-order chi connectivity index (χ0) is 18.2. The number of likely N-dealkylation sites (N-methyl/N-ethyl adjacent to an activating group) is 1. The Morgan fingerprint density at radius 1 is 1.12 bits per heavy atom. The van der Waals surface area contributed by atoms with Gasteiger partial charge in [0, 0.05) is 32.1 Å². The molecule has 2 aromatic rings. The normalized spacial score (nSPS) is 10.0. The van der Waals surface area contributed by atoms with E-state index in [0.29, 0.717) is 30.2 Å². The van der Waals surface area contributed by atoms with E-state index in [1.54, 1.807) is 37.6 Å². The molecule has 1 aromatic heterocycles. The number of amides is 2. The lowest BCUT2D eigenvalue weighted by atomic mass is 10.2. The third-order valence-corrected chi connectivity index (χ3v) is 3.68. The van der Waals surface area contributed by atoms with Crippen LogP contribution in [0.1, 0.15) is 5.56 Å². The molecule has 2 rings (SSSR count). The van der Waals surface area contributed by atoms with Crippen LogP contribution >= 0.6 is 0 Å². The SMILES string of the molecule is COc1ccc(OC)c(NC(=O)C(=O)N(C)CCc2ccncc2)c1. The highest BCUT2D eigenvalue weighted by atomic mass is 16.5. The van der Waals surface area contributed by atoms with E-state index < -0.39 is 11.8 Å². The fraction of sp³-hybridized carbons (Fsp3) is 0.278. The molecule has 132 valence electrons. The van der Waals surface area contributed by atoms with E-state index >= 15 is 0 Å². The number of carbonyl (C=O) groups is 2. The summed E-state index contributed by atoms with van der Waals surface area (Å²) in [4.78, 5) is 29.8. The molecule has 0 aliphatic rings. The number of nitrogens with one attached hydrogen (secondary N) is 1. The first-order valence-corrected chi connectivity index (χ1v) is 7.72. The molecule has 0 bridgehead atoms. The summed E-state index contributed by atoms with van der Waals surface area (Å²) in [6.07, 6.45) is 4.03. The Balaban J connectivity index is 1.98. The van der Waals surface area contributed by atoms with Gasteiger partial charge in [-0.05, 0) is 36.2 Å². The largest absolute Gasteiger partial charge is 0.497 e. The Morgan fingerprint density at radius 2 is 1.84 bits per heavy atom. The van der Waals surface area contributed by atoms with Gasteiger partial charge >= 0.3 is 11.8 Å². The average molecular weight is 343 g/mol. The number of nitrogens with zero attached hydrogens (tertiary/aromatic N) is 2. The van der Waals surface area contributed by atoms with Crippen LogP contribution in [-0.2, 0) is 16.0 Å². The van der Waals surface area contributed by atoms with Gasteiger partial charge in [0.15, 0.2) is 0 Å². The van der Waals surface area contributed by atoms with E-state index in [2.05, 4.69) is 10.3 Å². The molecule has 25 heavy (non-hydrogen) atoms. The molecule has 7 heteroatoms. The summed E-state index contributed by atoms with van der Waals surface area (Å²) < 4.78 is 10.3. The summed E-state index contributed by atoms with van der Waals surface area (Å²) in [5.41, 5.74) is 1.42. The third kappa shape index (κ3) is 4.94. The van der Waals surface area contributed by atoms with Gasteiger partial charge in [-0.3, -0.25) is 14.6 Å². The van der Waals surface area contributed by atoms with E-state index in [-0.39, 0.29) is 0 Å². The standard InChI is InChI=1S/C18H21N3O4/c1-21(11-8-13-6-9-19-10-7-13)18(23)17(22)20-15-12-14(24-2)4-5-16(15)25-3/h4-7,9-10,12H,8,11H2,1-3H3,(H,20,22). The highest BCUT2D eigenvalue weighted by Gasteiger charge is 2.20. The highest BCUT2D eigenvalue weighted by molar-refractivity contribution is 6.39. The molecule has 1 N–H and O–H groups in total. The van der Waals surface area contributed by atoms with E-state index in [0.717, 1.165) is 5.56 Å². The number of hydrogen-bond donors (Lipinski definition) is 1. The molecular formula is C18H21N3O4. The minimum Gasteiger partial charge on any atom is -0.497 e. The van der Waals surface area contributed by atoms with E-state index in [9.17, 15) is 9.59 Å². The van der Waals surface area contributed by atoms with Crippen molar-refractivity contribution < 1.29 is 19.1 Å². The quantitative estimate of drug-likeness (QED) is 0.808. The zero-order valence-corrected chi connectivity index (χ0v) is 14.5. The van der Waals surface area contributed by atoms with Crippen LogP contribution in [0.25, 0.3) is 0 Å². The lowest BCUT2D eigenvalue weighted by Gasteiger charge is -2.17. The monoisotopic (exact) mass is 343 g/mol. The highest BCUT2D eigenvalue weighted by Crippen LogP contribution is 2.28. The second kappa shape index (κ2) is 8.68. The van der Waals surface area contributed by atoms with Crippen molar-refractivity contribution >= 4 is 17.5 Å². The van der Waals surface area contributed by atoms with Crippen LogP contribution in [-0.4, -0.2) is 49.5 Å². The summed E-state index contributed by atoms with van der Waals surface area (Å²) in [5.74, 6) is -0.362. The first kappa shape index (κ1) is 18.3. The molecule has 0 atom stereocenters. The molecule has 0 unspecified atom stereocenters. The van der Waals surface area contributed by atoms with Crippen molar-refractivity contribution in [2.75, 3.05) is 33.1 Å². The first-order valence-electron chi connectivity index (χ1n) is 7.72. The lowest BCUT2D eigenvalue weighted by Crippen LogP contribution is -2.38. The predicted octanol–water partition coefficient (Wildman–Crippen LogP) is 1.74. The van der Waals surface area contributed by atoms with Gasteiger partial charge in [-0.15, -0.1) is 0 Å². The van der Waals surface area contributed by atoms with Crippen LogP contribution < -0.4 is 14.8 Å². The predicted molar refractivity (Wildman–Crippen MR) is 93.8 cm³/mol. The second-order valence-corrected chi connectivity index (χ2v) is 5.35. The van der Waals surface area contributed by atoms with Gasteiger partial charge in [-0.2, -0.15) is 0 Å². The number of benzene rings is 1. The number of ether oxygens (including phenoxy) is 2. The fourth-order valence-corrected chi connectivity index (χ4v) is 2.21. The van der Waals surface area contributed by atoms with E-state index in [4.69, 9.17) is 9.47 Å². The minimum absolute atomic E-state index is 0.378. The number of anilines is 1. The van der Waals surface area contributed by atoms with Crippen LogP contribution in [0.5, 0.6) is 11.5 Å². The molecule has 0 saturated heterocycles. The van der Waals surface area contributed by atoms with Gasteiger partial charge in [0.05, 0.1) is 19.9 Å². The van der Waals surface area contributed by atoms with Crippen LogP contribution in [0.4, 0.5) is 5.69 Å². The topological polar surface area (TPSA) is 80.8 Å². The minimum atomic E-state index is -0.733. The zero-order valence-electron chi connectivity index (χ0n) is 14.5. The Bertz CT molecular complexity index is 734. The maximum atomic E-state index is 12.3. The molecule has 0 fully saturated rings. The Labute approximate surface area is 146 Å². The number of carbonyl (C=O) groups excluding carboxylic acids is 2. The van der Waals surface area contributed by atoms with Crippen molar-refractivity contribution in [3.63, 3.8) is 0 Å². The Kier molecular flexibility index (Phi) is 6.33. The number of methoxy groups -OCH3 is 2. The Hall–Kier alpha value is -3.09. The van der Waals surface area contributed by atoms with Crippen LogP contribution in [0.15, 0.2) is 42.7 Å². The van der Waals surface area contributed by atoms with Gasteiger partial charge in [-0.25, -0.2) is 0 Å². The van der Waals surface area contributed by atoms with Gasteiger partial charge in [-0.1, -0.05) is 0 Å². The number of pyridine rings is 1. The summed E-state index contributed by atoms with van der Waals surface area (Å²) in [5, 5.41) is 2.57. The summed E-state index contributed by atoms with van der Waals surface area (Å²) >= 11 is 0. The Morgan fingerprint density at radius 3 is 2.48 bits per heavy atom. The van der Waals surface area contributed by atoms with Crippen molar-refractivity contribution in [3.8, 4) is 11.5 Å². The molecular weight excluding hydrogens is 322 g/mol. The smallest absolute Gasteiger partial charge is 0.313 e. The van der Waals surface area contributed by atoms with Gasteiger partial charge in [0.1, 0.15) is 11.5 Å². The number of rotatable bonds is 6. The molecule has 1 heterocycles. The average Bonchev–Trinajstić information content (AvgIpc) is 2.66. The van der Waals surface area contributed by atoms with Gasteiger partial charge < -0.3 is 19.7 Å². The van der Waals surface area contributed by atoms with E-state index in [1.807, 2.05) is 12.1 Å². The van der Waals surface area contributed by atoms with Crippen molar-refractivity contribution in [1.29, 1.82) is 0 Å². The van der Waals surface area contributed by atoms with Crippen LogP contribution in [0.2, 0.25) is 0 Å². The van der Waals surface area contributed by atoms with Crippen molar-refractivity contribution in [3.05, 3.63) is 48.3 Å².